The maximum absolute atomic E-state index is 12.9. The summed E-state index contributed by atoms with van der Waals surface area (Å²) >= 11 is 0. The van der Waals surface area contributed by atoms with Crippen LogP contribution in [0, 0.1) is 0 Å². The van der Waals surface area contributed by atoms with Crippen molar-refractivity contribution in [2.24, 2.45) is 0 Å². The van der Waals surface area contributed by atoms with Gasteiger partial charge >= 0.3 is 7.60 Å². The first-order chi connectivity index (χ1) is 20.3. The molecule has 2 heterocycles. The van der Waals surface area contributed by atoms with E-state index in [9.17, 15) is 9.46 Å². The quantitative estimate of drug-likeness (QED) is 0.0634. The predicted octanol–water partition coefficient (Wildman–Crippen LogP) is 7.22. The summed E-state index contributed by atoms with van der Waals surface area (Å²) in [6.07, 6.45) is 18.1. The zero-order valence-electron chi connectivity index (χ0n) is 26.4. The molecule has 2 aromatic rings. The number of nitrogens with zero attached hydrogens (tertiary/aromatic N) is 4. The van der Waals surface area contributed by atoms with Crippen molar-refractivity contribution >= 4 is 24.6 Å². The summed E-state index contributed by atoms with van der Waals surface area (Å²) in [6, 6.07) is 0. The summed E-state index contributed by atoms with van der Waals surface area (Å²) in [5, 5.41) is 0. The molecule has 0 spiro atoms. The Balaban J connectivity index is 1.69. The van der Waals surface area contributed by atoms with Crippen LogP contribution in [0.4, 0.5) is 5.82 Å². The first-order valence-corrected chi connectivity index (χ1v) is 17.8. The number of hydrogen-bond donors (Lipinski definition) is 2. The lowest BCUT2D eigenvalue weighted by molar-refractivity contribution is -0.123. The van der Waals surface area contributed by atoms with Gasteiger partial charge < -0.3 is 29.4 Å². The second-order valence-electron chi connectivity index (χ2n) is 11.1. The Labute approximate surface area is 252 Å². The SMILES string of the molecule is CCCCCCCCCCCCCCC(C)OC(CC)OP(=O)(O)CO[C@@H](COCC)Cn1cnc2c(N)ncnc21. The highest BCUT2D eigenvalue weighted by Crippen LogP contribution is 2.44. The minimum Gasteiger partial charge on any atom is -0.382 e. The van der Waals surface area contributed by atoms with Crippen molar-refractivity contribution in [3.05, 3.63) is 12.7 Å². The number of nitrogens with two attached hydrogens (primary N) is 1. The van der Waals surface area contributed by atoms with Crippen LogP contribution >= 0.6 is 7.60 Å². The van der Waals surface area contributed by atoms with E-state index in [1.807, 2.05) is 20.8 Å². The minimum absolute atomic E-state index is 0.0614. The summed E-state index contributed by atoms with van der Waals surface area (Å²) in [7, 11) is -4.09. The topological polar surface area (TPSA) is 144 Å². The van der Waals surface area contributed by atoms with Crippen LogP contribution in [0.25, 0.3) is 11.2 Å². The van der Waals surface area contributed by atoms with Gasteiger partial charge in [-0.05, 0) is 26.7 Å². The molecule has 0 aliphatic carbocycles. The Bertz CT molecular complexity index is 1030. The molecule has 0 aliphatic heterocycles. The number of aromatic nitrogens is 4. The van der Waals surface area contributed by atoms with E-state index in [0.717, 1.165) is 12.8 Å². The van der Waals surface area contributed by atoms with Crippen molar-refractivity contribution < 1.29 is 28.2 Å². The number of imidazole rings is 1. The maximum Gasteiger partial charge on any atom is 0.355 e. The van der Waals surface area contributed by atoms with Crippen LogP contribution in [-0.4, -0.2) is 62.5 Å². The summed E-state index contributed by atoms with van der Waals surface area (Å²) in [4.78, 5) is 23.0. The molecule has 0 fully saturated rings. The molecule has 0 bridgehead atoms. The Hall–Kier alpha value is -1.62. The van der Waals surface area contributed by atoms with Crippen LogP contribution in [0.1, 0.15) is 118 Å². The lowest BCUT2D eigenvalue weighted by atomic mass is 10.0. The monoisotopic (exact) mass is 613 g/mol. The van der Waals surface area contributed by atoms with E-state index in [4.69, 9.17) is 24.5 Å². The van der Waals surface area contributed by atoms with Gasteiger partial charge in [0.05, 0.1) is 31.7 Å². The summed E-state index contributed by atoms with van der Waals surface area (Å²) in [5.41, 5.74) is 6.93. The zero-order chi connectivity index (χ0) is 30.6. The molecule has 2 aromatic heterocycles. The molecule has 0 aromatic carbocycles. The van der Waals surface area contributed by atoms with Gasteiger partial charge in [0.25, 0.3) is 0 Å². The minimum atomic E-state index is -4.09. The van der Waals surface area contributed by atoms with E-state index in [1.165, 1.54) is 77.0 Å². The van der Waals surface area contributed by atoms with Gasteiger partial charge in [0, 0.05) is 6.61 Å². The molecule has 4 atom stereocenters. The number of nitrogen functional groups attached to an aromatic ring is 1. The lowest BCUT2D eigenvalue weighted by Crippen LogP contribution is -2.27. The highest BCUT2D eigenvalue weighted by Gasteiger charge is 2.28. The molecule has 42 heavy (non-hydrogen) atoms. The third-order valence-corrected chi connectivity index (χ3v) is 8.31. The summed E-state index contributed by atoms with van der Waals surface area (Å²) in [5.74, 6) is 0.285. The van der Waals surface area contributed by atoms with E-state index in [1.54, 1.807) is 10.9 Å². The van der Waals surface area contributed by atoms with Gasteiger partial charge in [0.1, 0.15) is 18.2 Å². The van der Waals surface area contributed by atoms with E-state index in [-0.39, 0.29) is 18.5 Å². The van der Waals surface area contributed by atoms with Crippen LogP contribution in [-0.2, 0) is 29.8 Å². The Morgan fingerprint density at radius 1 is 0.952 bits per heavy atom. The molecule has 0 saturated carbocycles. The Kier molecular flexibility index (Phi) is 18.4. The van der Waals surface area contributed by atoms with Crippen molar-refractivity contribution in [3.63, 3.8) is 0 Å². The summed E-state index contributed by atoms with van der Waals surface area (Å²) in [6.45, 7) is 9.01. The van der Waals surface area contributed by atoms with Gasteiger partial charge in [-0.2, -0.15) is 0 Å². The first-order valence-electron chi connectivity index (χ1n) is 16.1. The van der Waals surface area contributed by atoms with Gasteiger partial charge in [-0.1, -0.05) is 90.9 Å². The number of fused-ring (bicyclic) bond motifs is 1. The van der Waals surface area contributed by atoms with Crippen LogP contribution in [0.3, 0.4) is 0 Å². The lowest BCUT2D eigenvalue weighted by Gasteiger charge is -2.25. The third-order valence-electron chi connectivity index (χ3n) is 7.28. The van der Waals surface area contributed by atoms with E-state index in [0.29, 0.717) is 30.7 Å². The van der Waals surface area contributed by atoms with Crippen LogP contribution in [0.2, 0.25) is 0 Å². The van der Waals surface area contributed by atoms with Crippen molar-refractivity contribution in [2.45, 2.75) is 143 Å². The number of unbranched alkanes of at least 4 members (excludes halogenated alkanes) is 11. The Morgan fingerprint density at radius 3 is 2.21 bits per heavy atom. The molecule has 3 N–H and O–H groups in total. The Morgan fingerprint density at radius 2 is 1.60 bits per heavy atom. The zero-order valence-corrected chi connectivity index (χ0v) is 27.3. The van der Waals surface area contributed by atoms with Gasteiger partial charge in [0.15, 0.2) is 17.8 Å². The molecule has 0 aliphatic rings. The molecule has 0 radical (unpaired) electrons. The number of rotatable bonds is 26. The molecule has 242 valence electrons. The second kappa shape index (κ2) is 21.1. The predicted molar refractivity (Wildman–Crippen MR) is 167 cm³/mol. The maximum atomic E-state index is 12.9. The molecule has 2 rings (SSSR count). The molecular formula is C30H56N5O6P. The fourth-order valence-electron chi connectivity index (χ4n) is 4.86. The van der Waals surface area contributed by atoms with E-state index >= 15 is 0 Å². The first kappa shape index (κ1) is 36.6. The van der Waals surface area contributed by atoms with Crippen molar-refractivity contribution in [2.75, 3.05) is 25.3 Å². The van der Waals surface area contributed by atoms with Gasteiger partial charge in [-0.3, -0.25) is 9.09 Å². The third kappa shape index (κ3) is 14.7. The molecule has 3 unspecified atom stereocenters. The molecule has 12 heteroatoms. The largest absolute Gasteiger partial charge is 0.382 e. The smallest absolute Gasteiger partial charge is 0.355 e. The van der Waals surface area contributed by atoms with Crippen LogP contribution in [0.15, 0.2) is 12.7 Å². The molecule has 0 saturated heterocycles. The van der Waals surface area contributed by atoms with Crippen LogP contribution < -0.4 is 5.73 Å². The van der Waals surface area contributed by atoms with Crippen molar-refractivity contribution in [1.82, 2.24) is 19.5 Å². The molecule has 0 amide bonds. The standard InChI is InChI=1S/C30H56N5O6P/c1-5-8-9-10-11-12-13-14-15-16-17-18-19-25(4)40-27(6-2)41-42(36,37)24-39-26(21-38-7-3)20-35-23-34-28-29(31)32-22-33-30(28)35/h22-23,25-27H,5-21,24H2,1-4H3,(H,36,37)(H2,31,32,33)/t25?,26-,27?/m1/s1. The van der Waals surface area contributed by atoms with Gasteiger partial charge in [0.2, 0.25) is 0 Å². The molecular weight excluding hydrogens is 557 g/mol. The van der Waals surface area contributed by atoms with Crippen LogP contribution in [0.5, 0.6) is 0 Å². The highest BCUT2D eigenvalue weighted by molar-refractivity contribution is 7.52. The number of hydrogen-bond acceptors (Lipinski definition) is 9. The highest BCUT2D eigenvalue weighted by atomic mass is 31.2. The summed E-state index contributed by atoms with van der Waals surface area (Å²) < 4.78 is 37.5. The van der Waals surface area contributed by atoms with Crippen molar-refractivity contribution in [3.8, 4) is 0 Å². The van der Waals surface area contributed by atoms with E-state index < -0.39 is 26.3 Å². The van der Waals surface area contributed by atoms with Crippen molar-refractivity contribution in [1.29, 1.82) is 0 Å². The fraction of sp³-hybridized carbons (Fsp3) is 0.833. The fourth-order valence-corrected chi connectivity index (χ4v) is 5.89. The average molecular weight is 614 g/mol. The number of anilines is 1. The number of ether oxygens (including phenoxy) is 3. The van der Waals surface area contributed by atoms with Gasteiger partial charge in [-0.25, -0.2) is 15.0 Å². The average Bonchev–Trinajstić information content (AvgIpc) is 3.38. The van der Waals surface area contributed by atoms with Gasteiger partial charge in [-0.15, -0.1) is 0 Å². The molecule has 11 nitrogen and oxygen atoms in total. The van der Waals surface area contributed by atoms with E-state index in [2.05, 4.69) is 21.9 Å². The second-order valence-corrected chi connectivity index (χ2v) is 12.9. The normalized spacial score (nSPS) is 15.5.